The van der Waals surface area contributed by atoms with Gasteiger partial charge in [0.25, 0.3) is 0 Å². The first-order valence-electron chi connectivity index (χ1n) is 21.4. The molecule has 1 heterocycles. The Morgan fingerprint density at radius 3 is 1.25 bits per heavy atom. The molecule has 1 aliphatic rings. The molecular weight excluding hydrogens is 674 g/mol. The first-order valence-corrected chi connectivity index (χ1v) is 21.4. The molecule has 4 atom stereocenters. The molecule has 10 nitrogen and oxygen atoms in total. The van der Waals surface area contributed by atoms with Crippen LogP contribution in [0.1, 0.15) is 209 Å². The monoisotopic (exact) mass is 754 g/mol. The number of carbonyl (C=O) groups excluding carboxylic acids is 4. The second-order valence-corrected chi connectivity index (χ2v) is 17.0. The van der Waals surface area contributed by atoms with Crippen LogP contribution < -0.4 is 5.32 Å². The fourth-order valence-electron chi connectivity index (χ4n) is 6.50. The molecule has 1 saturated heterocycles. The van der Waals surface area contributed by atoms with E-state index in [1.54, 1.807) is 41.5 Å². The Kier molecular flexibility index (Phi) is 25.8. The number of ether oxygens (including phenoxy) is 5. The van der Waals surface area contributed by atoms with Crippen LogP contribution in [0.15, 0.2) is 0 Å². The van der Waals surface area contributed by atoms with Crippen molar-refractivity contribution in [2.75, 3.05) is 6.54 Å². The summed E-state index contributed by atoms with van der Waals surface area (Å²) < 4.78 is 29.0. The summed E-state index contributed by atoms with van der Waals surface area (Å²) in [5, 5.41) is 2.66. The SMILES string of the molecule is CCCCCCCCCCCCCC(=O)O[C@H]1[C@H](OC(=O)CCCCCCCCCCCCC)[C@H](C(=O)OC(C)(C)C)O[C@@H]1CNC(=O)OC(C)(C)C. The molecule has 0 aromatic heterocycles. The van der Waals surface area contributed by atoms with E-state index in [4.69, 9.17) is 23.7 Å². The zero-order valence-corrected chi connectivity index (χ0v) is 35.2. The van der Waals surface area contributed by atoms with Gasteiger partial charge in [0.1, 0.15) is 17.3 Å². The Labute approximate surface area is 323 Å². The maximum Gasteiger partial charge on any atom is 0.407 e. The normalized spacial score (nSPS) is 18.8. The van der Waals surface area contributed by atoms with Crippen LogP contribution in [0.3, 0.4) is 0 Å². The number of unbranched alkanes of at least 4 members (excludes halogenated alkanes) is 20. The highest BCUT2D eigenvalue weighted by atomic mass is 16.7. The van der Waals surface area contributed by atoms with E-state index >= 15 is 0 Å². The molecule has 0 aromatic carbocycles. The fraction of sp³-hybridized carbons (Fsp3) is 0.907. The Balaban J connectivity index is 2.84. The number of carbonyl (C=O) groups is 4. The molecule has 0 aliphatic carbocycles. The molecule has 310 valence electrons. The number of alkyl carbamates (subject to hydrolysis) is 1. The van der Waals surface area contributed by atoms with Crippen LogP contribution in [0, 0.1) is 0 Å². The number of rotatable bonds is 29. The topological polar surface area (TPSA) is 126 Å². The molecule has 10 heteroatoms. The minimum Gasteiger partial charge on any atom is -0.458 e. The molecule has 0 saturated carbocycles. The molecule has 1 fully saturated rings. The molecule has 1 aliphatic heterocycles. The lowest BCUT2D eigenvalue weighted by Gasteiger charge is -2.26. The van der Waals surface area contributed by atoms with Crippen molar-refractivity contribution >= 4 is 24.0 Å². The van der Waals surface area contributed by atoms with Crippen molar-refractivity contribution < 1.29 is 42.9 Å². The van der Waals surface area contributed by atoms with Crippen molar-refractivity contribution in [3.63, 3.8) is 0 Å². The van der Waals surface area contributed by atoms with E-state index in [1.807, 2.05) is 0 Å². The van der Waals surface area contributed by atoms with Crippen molar-refractivity contribution in [3.05, 3.63) is 0 Å². The third-order valence-corrected chi connectivity index (χ3v) is 9.30. The molecule has 0 aromatic rings. The Bertz CT molecular complexity index is 1000. The summed E-state index contributed by atoms with van der Waals surface area (Å²) in [5.41, 5.74) is -1.56. The van der Waals surface area contributed by atoms with Gasteiger partial charge in [-0.1, -0.05) is 142 Å². The molecule has 1 rings (SSSR count). The molecule has 53 heavy (non-hydrogen) atoms. The fourth-order valence-corrected chi connectivity index (χ4v) is 6.50. The van der Waals surface area contributed by atoms with Gasteiger partial charge in [0.15, 0.2) is 18.3 Å². The van der Waals surface area contributed by atoms with Crippen LogP contribution >= 0.6 is 0 Å². The van der Waals surface area contributed by atoms with Gasteiger partial charge in [-0.2, -0.15) is 0 Å². The predicted molar refractivity (Wildman–Crippen MR) is 211 cm³/mol. The van der Waals surface area contributed by atoms with Gasteiger partial charge in [0.2, 0.25) is 0 Å². The highest BCUT2D eigenvalue weighted by molar-refractivity contribution is 5.78. The Morgan fingerprint density at radius 2 is 0.868 bits per heavy atom. The number of hydrogen-bond acceptors (Lipinski definition) is 9. The molecule has 0 spiro atoms. The highest BCUT2D eigenvalue weighted by Crippen LogP contribution is 2.30. The quantitative estimate of drug-likeness (QED) is 0.0451. The van der Waals surface area contributed by atoms with Crippen molar-refractivity contribution in [1.82, 2.24) is 5.32 Å². The summed E-state index contributed by atoms with van der Waals surface area (Å²) in [6.45, 7) is 14.8. The van der Waals surface area contributed by atoms with Crippen LogP contribution in [0.5, 0.6) is 0 Å². The minimum absolute atomic E-state index is 0.128. The van der Waals surface area contributed by atoms with E-state index in [0.29, 0.717) is 12.8 Å². The first-order chi connectivity index (χ1) is 25.2. The van der Waals surface area contributed by atoms with E-state index in [9.17, 15) is 19.2 Å². The van der Waals surface area contributed by atoms with E-state index in [-0.39, 0.29) is 19.4 Å². The van der Waals surface area contributed by atoms with Crippen molar-refractivity contribution in [2.45, 2.75) is 245 Å². The molecule has 0 bridgehead atoms. The zero-order chi connectivity index (χ0) is 39.5. The zero-order valence-electron chi connectivity index (χ0n) is 35.2. The van der Waals surface area contributed by atoms with Crippen LogP contribution in [0.25, 0.3) is 0 Å². The number of amides is 1. The maximum absolute atomic E-state index is 13.4. The summed E-state index contributed by atoms with van der Waals surface area (Å²) in [4.78, 5) is 52.4. The smallest absolute Gasteiger partial charge is 0.407 e. The molecule has 1 amide bonds. The van der Waals surface area contributed by atoms with Gasteiger partial charge in [0.05, 0.1) is 6.54 Å². The van der Waals surface area contributed by atoms with Gasteiger partial charge in [-0.25, -0.2) is 9.59 Å². The van der Waals surface area contributed by atoms with Gasteiger partial charge in [-0.15, -0.1) is 0 Å². The molecule has 0 unspecified atom stereocenters. The third-order valence-electron chi connectivity index (χ3n) is 9.30. The minimum atomic E-state index is -1.33. The van der Waals surface area contributed by atoms with Gasteiger partial charge >= 0.3 is 24.0 Å². The van der Waals surface area contributed by atoms with Gasteiger partial charge in [0, 0.05) is 12.8 Å². The lowest BCUT2D eigenvalue weighted by atomic mass is 10.0. The van der Waals surface area contributed by atoms with E-state index < -0.39 is 59.6 Å². The predicted octanol–water partition coefficient (Wildman–Crippen LogP) is 10.8. The Morgan fingerprint density at radius 1 is 0.509 bits per heavy atom. The molecule has 0 radical (unpaired) electrons. The number of esters is 3. The highest BCUT2D eigenvalue weighted by Gasteiger charge is 2.54. The van der Waals surface area contributed by atoms with Gasteiger partial charge in [-0.05, 0) is 54.4 Å². The van der Waals surface area contributed by atoms with Gasteiger partial charge < -0.3 is 29.0 Å². The largest absolute Gasteiger partial charge is 0.458 e. The van der Waals surface area contributed by atoms with E-state index in [1.165, 1.54) is 89.9 Å². The van der Waals surface area contributed by atoms with Crippen molar-refractivity contribution in [3.8, 4) is 0 Å². The average Bonchev–Trinajstić information content (AvgIpc) is 3.39. The van der Waals surface area contributed by atoms with Crippen LogP contribution in [-0.4, -0.2) is 66.2 Å². The first kappa shape index (κ1) is 48.7. The van der Waals surface area contributed by atoms with Crippen LogP contribution in [0.4, 0.5) is 4.79 Å². The van der Waals surface area contributed by atoms with Crippen LogP contribution in [0.2, 0.25) is 0 Å². The lowest BCUT2D eigenvalue weighted by molar-refractivity contribution is -0.178. The van der Waals surface area contributed by atoms with E-state index in [2.05, 4.69) is 19.2 Å². The summed E-state index contributed by atoms with van der Waals surface area (Å²) in [7, 11) is 0. The number of hydrogen-bond donors (Lipinski definition) is 1. The molecular formula is C43H79NO9. The van der Waals surface area contributed by atoms with Crippen molar-refractivity contribution in [1.29, 1.82) is 0 Å². The summed E-state index contributed by atoms with van der Waals surface area (Å²) in [5.74, 6) is -1.68. The second kappa shape index (κ2) is 28.1. The second-order valence-electron chi connectivity index (χ2n) is 17.0. The number of nitrogens with one attached hydrogen (secondary N) is 1. The van der Waals surface area contributed by atoms with Gasteiger partial charge in [-0.3, -0.25) is 9.59 Å². The summed E-state index contributed by atoms with van der Waals surface area (Å²) in [6, 6.07) is 0. The average molecular weight is 754 g/mol. The van der Waals surface area contributed by atoms with E-state index in [0.717, 1.165) is 38.5 Å². The standard InChI is InChI=1S/C43H79NO9/c1-9-11-13-15-17-19-21-23-25-27-29-31-35(45)50-37-34(33-44-41(48)53-43(6,7)8)49-39(40(47)52-42(3,4)5)38(37)51-36(46)32-30-28-26-24-22-20-18-16-14-12-10-2/h34,37-39H,9-33H2,1-8H3,(H,44,48)/t34-,37-,38+,39-/m1/s1. The summed E-state index contributed by atoms with van der Waals surface area (Å²) >= 11 is 0. The Hall–Kier alpha value is -2.36. The summed E-state index contributed by atoms with van der Waals surface area (Å²) in [6.07, 6.45) is 20.5. The lowest BCUT2D eigenvalue weighted by Crippen LogP contribution is -2.46. The van der Waals surface area contributed by atoms with Crippen molar-refractivity contribution in [2.24, 2.45) is 0 Å². The maximum atomic E-state index is 13.4. The van der Waals surface area contributed by atoms with Crippen LogP contribution in [-0.2, 0) is 38.1 Å². The third kappa shape index (κ3) is 25.4. The molecule has 1 N–H and O–H groups in total.